The van der Waals surface area contributed by atoms with Gasteiger partial charge in [-0.15, -0.1) is 0 Å². The summed E-state index contributed by atoms with van der Waals surface area (Å²) in [6.45, 7) is 3.57. The third kappa shape index (κ3) is 5.21. The fraction of sp³-hybridized carbons (Fsp3) is 0.778. The van der Waals surface area contributed by atoms with Gasteiger partial charge in [-0.3, -0.25) is 4.79 Å². The molecule has 0 radical (unpaired) electrons. The summed E-state index contributed by atoms with van der Waals surface area (Å²) < 4.78 is 4.87. The van der Waals surface area contributed by atoms with Gasteiger partial charge in [0.1, 0.15) is 11.9 Å². The number of nitrogens with one attached hydrogen (secondary N) is 1. The highest BCUT2D eigenvalue weighted by Crippen LogP contribution is 1.99. The first-order valence-corrected chi connectivity index (χ1v) is 4.84. The van der Waals surface area contributed by atoms with Gasteiger partial charge in [0.2, 0.25) is 5.91 Å². The molecule has 6 nitrogen and oxygen atoms in total. The molecule has 6 heteroatoms. The fourth-order valence-corrected chi connectivity index (χ4v) is 1.02. The zero-order valence-electron chi connectivity index (χ0n) is 9.36. The van der Waals surface area contributed by atoms with Crippen LogP contribution in [-0.2, 0) is 9.53 Å². The summed E-state index contributed by atoms with van der Waals surface area (Å²) in [6.07, 6.45) is 0.541. The van der Waals surface area contributed by atoms with E-state index in [-0.39, 0.29) is 17.8 Å². The van der Waals surface area contributed by atoms with Crippen molar-refractivity contribution in [3.8, 4) is 0 Å². The molecule has 88 valence electrons. The highest BCUT2D eigenvalue weighted by Gasteiger charge is 2.16. The maximum absolute atomic E-state index is 11.4. The second-order valence-corrected chi connectivity index (χ2v) is 3.29. The monoisotopic (exact) mass is 217 g/mol. The van der Waals surface area contributed by atoms with Crippen molar-refractivity contribution >= 4 is 11.7 Å². The van der Waals surface area contributed by atoms with Gasteiger partial charge in [-0.1, -0.05) is 12.1 Å². The molecule has 2 unspecified atom stereocenters. The molecule has 0 saturated carbocycles. The topological polar surface area (TPSA) is 96.9 Å². The lowest BCUT2D eigenvalue weighted by atomic mass is 10.1. The van der Waals surface area contributed by atoms with Gasteiger partial charge in [0, 0.05) is 19.6 Å². The minimum absolute atomic E-state index is 0.104. The van der Waals surface area contributed by atoms with Crippen molar-refractivity contribution in [1.29, 1.82) is 0 Å². The van der Waals surface area contributed by atoms with Crippen molar-refractivity contribution in [2.75, 3.05) is 7.11 Å². The molecule has 0 aromatic heterocycles. The quantitative estimate of drug-likeness (QED) is 0.253. The number of nitrogens with two attached hydrogens (primary N) is 1. The van der Waals surface area contributed by atoms with Crippen molar-refractivity contribution in [1.82, 2.24) is 5.32 Å². The molecule has 0 bridgehead atoms. The Labute approximate surface area is 89.5 Å². The summed E-state index contributed by atoms with van der Waals surface area (Å²) in [5.41, 5.74) is 5.35. The third-order valence-corrected chi connectivity index (χ3v) is 2.15. The molecule has 0 spiro atoms. The summed E-state index contributed by atoms with van der Waals surface area (Å²) in [6, 6.07) is -0.133. The zero-order chi connectivity index (χ0) is 11.8. The lowest BCUT2D eigenvalue weighted by Gasteiger charge is -2.18. The van der Waals surface area contributed by atoms with E-state index in [1.807, 2.05) is 6.92 Å². The Hall–Kier alpha value is -1.30. The van der Waals surface area contributed by atoms with Crippen molar-refractivity contribution in [2.24, 2.45) is 10.9 Å². The molecule has 0 heterocycles. The Bertz CT molecular complexity index is 231. The molecule has 15 heavy (non-hydrogen) atoms. The highest BCUT2D eigenvalue weighted by molar-refractivity contribution is 5.83. The van der Waals surface area contributed by atoms with Crippen LogP contribution in [-0.4, -0.2) is 36.2 Å². The van der Waals surface area contributed by atoms with Crippen LogP contribution in [0.25, 0.3) is 0 Å². The van der Waals surface area contributed by atoms with E-state index in [1.165, 1.54) is 7.11 Å². The molecule has 2 atom stereocenters. The molecule has 0 aliphatic carbocycles. The van der Waals surface area contributed by atoms with E-state index in [1.54, 1.807) is 6.92 Å². The SMILES string of the molecule is CCC(CC(N)=NO)NC(=O)C(C)OC. The molecular formula is C9H19N3O3. The Morgan fingerprint density at radius 2 is 2.27 bits per heavy atom. The standard InChI is InChI=1S/C9H19N3O3/c1-4-7(5-8(10)12-14)11-9(13)6(2)15-3/h6-7,14H,4-5H2,1-3H3,(H2,10,12)(H,11,13). The van der Waals surface area contributed by atoms with Gasteiger partial charge in [-0.05, 0) is 13.3 Å². The minimum Gasteiger partial charge on any atom is -0.409 e. The number of rotatable bonds is 6. The zero-order valence-corrected chi connectivity index (χ0v) is 9.36. The Balaban J connectivity index is 4.15. The molecule has 4 N–H and O–H groups in total. The normalized spacial score (nSPS) is 15.8. The smallest absolute Gasteiger partial charge is 0.249 e. The van der Waals surface area contributed by atoms with Crippen LogP contribution in [0.15, 0.2) is 5.16 Å². The van der Waals surface area contributed by atoms with Gasteiger partial charge in [0.25, 0.3) is 0 Å². The van der Waals surface area contributed by atoms with Gasteiger partial charge in [-0.2, -0.15) is 0 Å². The number of amidine groups is 1. The summed E-state index contributed by atoms with van der Waals surface area (Å²) >= 11 is 0. The first-order valence-electron chi connectivity index (χ1n) is 4.84. The molecule has 0 aliphatic rings. The van der Waals surface area contributed by atoms with Crippen LogP contribution < -0.4 is 11.1 Å². The predicted octanol–water partition coefficient (Wildman–Crippen LogP) is 0.0526. The van der Waals surface area contributed by atoms with Crippen LogP contribution >= 0.6 is 0 Å². The molecule has 0 rings (SSSR count). The summed E-state index contributed by atoms with van der Waals surface area (Å²) in [5.74, 6) is -0.0951. The van der Waals surface area contributed by atoms with Crippen LogP contribution in [0.1, 0.15) is 26.7 Å². The van der Waals surface area contributed by atoms with Crippen LogP contribution in [0.5, 0.6) is 0 Å². The van der Waals surface area contributed by atoms with Crippen molar-refractivity contribution in [2.45, 2.75) is 38.8 Å². The van der Waals surface area contributed by atoms with E-state index in [2.05, 4.69) is 10.5 Å². The van der Waals surface area contributed by atoms with E-state index in [9.17, 15) is 4.79 Å². The number of oxime groups is 1. The molecular weight excluding hydrogens is 198 g/mol. The van der Waals surface area contributed by atoms with E-state index in [4.69, 9.17) is 15.7 Å². The lowest BCUT2D eigenvalue weighted by Crippen LogP contribution is -2.42. The van der Waals surface area contributed by atoms with E-state index in [0.717, 1.165) is 0 Å². The van der Waals surface area contributed by atoms with Gasteiger partial charge in [-0.25, -0.2) is 0 Å². The number of methoxy groups -OCH3 is 1. The van der Waals surface area contributed by atoms with Crippen molar-refractivity contribution in [3.63, 3.8) is 0 Å². The van der Waals surface area contributed by atoms with Crippen molar-refractivity contribution in [3.05, 3.63) is 0 Å². The Kier molecular flexibility index (Phi) is 6.44. The van der Waals surface area contributed by atoms with Gasteiger partial charge < -0.3 is 21.0 Å². The van der Waals surface area contributed by atoms with Crippen molar-refractivity contribution < 1.29 is 14.7 Å². The molecule has 0 saturated heterocycles. The van der Waals surface area contributed by atoms with E-state index < -0.39 is 6.10 Å². The summed E-state index contributed by atoms with van der Waals surface area (Å²) in [5, 5.41) is 14.0. The Morgan fingerprint density at radius 1 is 1.67 bits per heavy atom. The summed E-state index contributed by atoms with van der Waals surface area (Å²) in [7, 11) is 1.47. The first kappa shape index (κ1) is 13.7. The lowest BCUT2D eigenvalue weighted by molar-refractivity contribution is -0.130. The largest absolute Gasteiger partial charge is 0.409 e. The second kappa shape index (κ2) is 7.05. The van der Waals surface area contributed by atoms with Crippen LogP contribution in [0.3, 0.4) is 0 Å². The average Bonchev–Trinajstić information content (AvgIpc) is 2.26. The molecule has 0 aliphatic heterocycles. The second-order valence-electron chi connectivity index (χ2n) is 3.29. The first-order chi connectivity index (χ1) is 7.04. The molecule has 1 amide bonds. The molecule has 0 aromatic carbocycles. The van der Waals surface area contributed by atoms with Gasteiger partial charge in [0.15, 0.2) is 0 Å². The van der Waals surface area contributed by atoms with E-state index in [0.29, 0.717) is 12.8 Å². The minimum atomic E-state index is -0.494. The van der Waals surface area contributed by atoms with Gasteiger partial charge >= 0.3 is 0 Å². The van der Waals surface area contributed by atoms with E-state index >= 15 is 0 Å². The summed E-state index contributed by atoms with van der Waals surface area (Å²) in [4.78, 5) is 11.4. The fourth-order valence-electron chi connectivity index (χ4n) is 1.02. The molecule has 0 aromatic rings. The number of carbonyl (C=O) groups excluding carboxylic acids is 1. The number of nitrogens with zero attached hydrogens (tertiary/aromatic N) is 1. The maximum atomic E-state index is 11.4. The van der Waals surface area contributed by atoms with Gasteiger partial charge in [0.05, 0.1) is 0 Å². The maximum Gasteiger partial charge on any atom is 0.249 e. The predicted molar refractivity (Wildman–Crippen MR) is 56.7 cm³/mol. The Morgan fingerprint density at radius 3 is 2.67 bits per heavy atom. The number of carbonyl (C=O) groups is 1. The average molecular weight is 217 g/mol. The number of ether oxygens (including phenoxy) is 1. The number of hydrogen-bond donors (Lipinski definition) is 3. The van der Waals surface area contributed by atoms with Crippen LogP contribution in [0, 0.1) is 0 Å². The van der Waals surface area contributed by atoms with Crippen LogP contribution in [0.2, 0.25) is 0 Å². The molecule has 0 fully saturated rings. The number of amides is 1. The van der Waals surface area contributed by atoms with Crippen LogP contribution in [0.4, 0.5) is 0 Å². The number of hydrogen-bond acceptors (Lipinski definition) is 4. The third-order valence-electron chi connectivity index (χ3n) is 2.15. The highest BCUT2D eigenvalue weighted by atomic mass is 16.5.